The molecule has 4 aromatic carbocycles. The van der Waals surface area contributed by atoms with Gasteiger partial charge < -0.3 is 29.0 Å². The first kappa shape index (κ1) is 34.8. The van der Waals surface area contributed by atoms with Crippen LogP contribution < -0.4 is 24.3 Å². The van der Waals surface area contributed by atoms with Gasteiger partial charge >= 0.3 is 11.9 Å². The molecule has 2 aliphatic rings. The summed E-state index contributed by atoms with van der Waals surface area (Å²) in [4.78, 5) is 24.5. The van der Waals surface area contributed by atoms with Crippen molar-refractivity contribution < 1.29 is 33.3 Å². The smallest absolute Gasteiger partial charge is 0.343 e. The second-order valence-electron chi connectivity index (χ2n) is 12.8. The lowest BCUT2D eigenvalue weighted by Crippen LogP contribution is -2.37. The molecule has 1 heterocycles. The Morgan fingerprint density at radius 2 is 1.44 bits per heavy atom. The molecule has 1 atom stereocenters. The van der Waals surface area contributed by atoms with E-state index in [0.29, 0.717) is 29.5 Å². The molecule has 1 N–H and O–H groups in total. The zero-order valence-corrected chi connectivity index (χ0v) is 28.8. The van der Waals surface area contributed by atoms with E-state index in [4.69, 9.17) is 23.7 Å². The van der Waals surface area contributed by atoms with E-state index in [9.17, 15) is 9.59 Å². The van der Waals surface area contributed by atoms with Crippen LogP contribution in [-0.2, 0) is 9.53 Å². The van der Waals surface area contributed by atoms with Gasteiger partial charge in [-0.1, -0.05) is 74.7 Å². The van der Waals surface area contributed by atoms with E-state index in [0.717, 1.165) is 52.3 Å². The van der Waals surface area contributed by atoms with Gasteiger partial charge in [0.05, 0.1) is 5.56 Å². The molecule has 8 heteroatoms. The molecule has 0 radical (unpaired) electrons. The van der Waals surface area contributed by atoms with Crippen LogP contribution in [0.2, 0.25) is 0 Å². The highest BCUT2D eigenvalue weighted by molar-refractivity contribution is 5.99. The lowest BCUT2D eigenvalue weighted by atomic mass is 9.88. The maximum atomic E-state index is 12.7. The molecule has 0 amide bonds. The highest BCUT2D eigenvalue weighted by Crippen LogP contribution is 2.40. The monoisotopic (exact) mass is 675 g/mol. The third kappa shape index (κ3) is 9.12. The average molecular weight is 676 g/mol. The number of carbonyl (C=O) groups is 2. The Labute approximate surface area is 294 Å². The summed E-state index contributed by atoms with van der Waals surface area (Å²) in [7, 11) is 0. The third-order valence-electron chi connectivity index (χ3n) is 9.18. The normalized spacial score (nSPS) is 15.2. The van der Waals surface area contributed by atoms with Gasteiger partial charge in [0.15, 0.2) is 11.5 Å². The minimum absolute atomic E-state index is 0.205. The fourth-order valence-corrected chi connectivity index (χ4v) is 6.67. The van der Waals surface area contributed by atoms with Crippen molar-refractivity contribution in [2.45, 2.75) is 58.5 Å². The number of hydrogen-bond acceptors (Lipinski definition) is 8. The summed E-state index contributed by atoms with van der Waals surface area (Å²) >= 11 is 0. The molecule has 1 unspecified atom stereocenters. The summed E-state index contributed by atoms with van der Waals surface area (Å²) in [6.07, 6.45) is 6.78. The SMILES string of the molecule is CC/C(=C(/c1ccc(OCC(CNCC2CCCCC2)OC(C)=O)cc1)c1ccc(OC(=O)c2ccccc2)cc1)c1ccc2c(c1)OCO2. The number of carbonyl (C=O) groups excluding carboxylic acids is 2. The number of rotatable bonds is 14. The Morgan fingerprint density at radius 1 is 0.780 bits per heavy atom. The van der Waals surface area contributed by atoms with Crippen molar-refractivity contribution in [3.63, 3.8) is 0 Å². The molecule has 50 heavy (non-hydrogen) atoms. The third-order valence-corrected chi connectivity index (χ3v) is 9.18. The van der Waals surface area contributed by atoms with E-state index in [1.807, 2.05) is 78.9 Å². The first-order valence-electron chi connectivity index (χ1n) is 17.6. The van der Waals surface area contributed by atoms with E-state index < -0.39 is 12.1 Å². The van der Waals surface area contributed by atoms with Gasteiger partial charge in [-0.2, -0.15) is 0 Å². The number of fused-ring (bicyclic) bond motifs is 1. The minimum Gasteiger partial charge on any atom is -0.490 e. The van der Waals surface area contributed by atoms with E-state index in [-0.39, 0.29) is 19.4 Å². The zero-order chi connectivity index (χ0) is 34.7. The van der Waals surface area contributed by atoms with E-state index >= 15 is 0 Å². The average Bonchev–Trinajstić information content (AvgIpc) is 3.62. The van der Waals surface area contributed by atoms with Crippen molar-refractivity contribution in [1.82, 2.24) is 5.32 Å². The topological polar surface area (TPSA) is 92.3 Å². The van der Waals surface area contributed by atoms with Crippen molar-refractivity contribution in [2.24, 2.45) is 5.92 Å². The van der Waals surface area contributed by atoms with Gasteiger partial charge in [-0.3, -0.25) is 4.79 Å². The zero-order valence-electron chi connectivity index (χ0n) is 28.8. The first-order valence-corrected chi connectivity index (χ1v) is 17.6. The van der Waals surface area contributed by atoms with Crippen molar-refractivity contribution >= 4 is 23.1 Å². The van der Waals surface area contributed by atoms with Crippen LogP contribution >= 0.6 is 0 Å². The van der Waals surface area contributed by atoms with Crippen LogP contribution in [0.4, 0.5) is 0 Å². The summed E-state index contributed by atoms with van der Waals surface area (Å²) in [5, 5.41) is 3.50. The highest BCUT2D eigenvalue weighted by Gasteiger charge is 2.20. The number of hydrogen-bond donors (Lipinski definition) is 1. The molecular weight excluding hydrogens is 630 g/mol. The van der Waals surface area contributed by atoms with Gasteiger partial charge in [-0.25, -0.2) is 4.79 Å². The molecule has 8 nitrogen and oxygen atoms in total. The van der Waals surface area contributed by atoms with Crippen molar-refractivity contribution in [1.29, 1.82) is 0 Å². The van der Waals surface area contributed by atoms with Crippen LogP contribution in [0.5, 0.6) is 23.0 Å². The lowest BCUT2D eigenvalue weighted by molar-refractivity contribution is -0.147. The second kappa shape index (κ2) is 17.0. The van der Waals surface area contributed by atoms with Crippen LogP contribution in [0.25, 0.3) is 11.1 Å². The van der Waals surface area contributed by atoms with Gasteiger partial charge in [0.1, 0.15) is 24.2 Å². The van der Waals surface area contributed by atoms with Crippen molar-refractivity contribution in [3.05, 3.63) is 119 Å². The predicted octanol–water partition coefficient (Wildman–Crippen LogP) is 8.48. The number of ether oxygens (including phenoxy) is 5. The van der Waals surface area contributed by atoms with Crippen LogP contribution in [0.1, 0.15) is 79.4 Å². The van der Waals surface area contributed by atoms with Crippen LogP contribution in [0, 0.1) is 5.92 Å². The Hall–Kier alpha value is -5.08. The largest absolute Gasteiger partial charge is 0.490 e. The summed E-state index contributed by atoms with van der Waals surface area (Å²) in [6.45, 7) is 5.50. The van der Waals surface area contributed by atoms with Gasteiger partial charge in [-0.15, -0.1) is 0 Å². The summed E-state index contributed by atoms with van der Waals surface area (Å²) in [5.74, 6) is 2.55. The lowest BCUT2D eigenvalue weighted by Gasteiger charge is -2.24. The summed E-state index contributed by atoms with van der Waals surface area (Å²) in [6, 6.07) is 30.5. The molecule has 1 saturated carbocycles. The Balaban J connectivity index is 1.22. The fourth-order valence-electron chi connectivity index (χ4n) is 6.67. The second-order valence-corrected chi connectivity index (χ2v) is 12.8. The number of allylic oxidation sites excluding steroid dienone is 1. The molecule has 1 fully saturated rings. The molecule has 1 aliphatic heterocycles. The van der Waals surface area contributed by atoms with E-state index in [1.165, 1.54) is 39.0 Å². The number of benzene rings is 4. The first-order chi connectivity index (χ1) is 24.5. The molecule has 260 valence electrons. The molecule has 0 bridgehead atoms. The number of nitrogens with one attached hydrogen (secondary N) is 1. The molecule has 0 spiro atoms. The van der Waals surface area contributed by atoms with Crippen molar-refractivity contribution in [3.8, 4) is 23.0 Å². The van der Waals surface area contributed by atoms with E-state index in [2.05, 4.69) is 18.3 Å². The molecular formula is C42H45NO7. The molecule has 6 rings (SSSR count). The fraction of sp³-hybridized carbons (Fsp3) is 0.333. The quantitative estimate of drug-likeness (QED) is 0.0809. The number of esters is 2. The molecule has 4 aromatic rings. The minimum atomic E-state index is -0.407. The van der Waals surface area contributed by atoms with Gasteiger partial charge in [0.2, 0.25) is 6.79 Å². The van der Waals surface area contributed by atoms with E-state index in [1.54, 1.807) is 12.1 Å². The Morgan fingerprint density at radius 3 is 2.12 bits per heavy atom. The summed E-state index contributed by atoms with van der Waals surface area (Å²) < 4.78 is 28.7. The molecule has 0 aromatic heterocycles. The maximum absolute atomic E-state index is 12.7. The van der Waals surface area contributed by atoms with Crippen LogP contribution in [0.3, 0.4) is 0 Å². The molecule has 1 aliphatic carbocycles. The Bertz CT molecular complexity index is 1760. The summed E-state index contributed by atoms with van der Waals surface area (Å²) in [5.41, 5.74) is 5.62. The Kier molecular flexibility index (Phi) is 11.8. The maximum Gasteiger partial charge on any atom is 0.343 e. The van der Waals surface area contributed by atoms with Gasteiger partial charge in [0, 0.05) is 13.5 Å². The van der Waals surface area contributed by atoms with Crippen LogP contribution in [-0.4, -0.2) is 44.5 Å². The van der Waals surface area contributed by atoms with Crippen molar-refractivity contribution in [2.75, 3.05) is 26.5 Å². The highest BCUT2D eigenvalue weighted by atomic mass is 16.7. The van der Waals surface area contributed by atoms with Gasteiger partial charge in [-0.05, 0) is 108 Å². The standard InChI is InChI=1S/C42H45NO7/c1-3-38(34-18-23-39-40(24-34)48-28-47-39)41(32-16-21-36(22-17-32)50-42(45)33-12-8-5-9-13-33)31-14-19-35(20-15-31)46-27-37(49-29(2)44)26-43-25-30-10-6-4-7-11-30/h5,8-9,12-24,30,37,43H,3-4,6-7,10-11,25-28H2,1-2H3/b41-38+. The predicted molar refractivity (Wildman–Crippen MR) is 194 cm³/mol. The van der Waals surface area contributed by atoms with Gasteiger partial charge in [0.25, 0.3) is 0 Å². The van der Waals surface area contributed by atoms with Crippen LogP contribution in [0.15, 0.2) is 97.1 Å². The molecule has 0 saturated heterocycles.